The number of carbonyl (C=O) groups is 1. The predicted octanol–water partition coefficient (Wildman–Crippen LogP) is 5.07. The van der Waals surface area contributed by atoms with Gasteiger partial charge in [0.05, 0.1) is 0 Å². The van der Waals surface area contributed by atoms with Crippen LogP contribution in [0.3, 0.4) is 0 Å². The summed E-state index contributed by atoms with van der Waals surface area (Å²) >= 11 is 1.51. The van der Waals surface area contributed by atoms with E-state index in [9.17, 15) is 9.18 Å². The zero-order valence-electron chi connectivity index (χ0n) is 15.2. The molecule has 1 aliphatic rings. The Morgan fingerprint density at radius 2 is 1.79 bits per heavy atom. The van der Waals surface area contributed by atoms with Crippen LogP contribution >= 0.6 is 11.3 Å². The Bertz CT molecular complexity index is 1030. The first-order valence-corrected chi connectivity index (χ1v) is 10.2. The van der Waals surface area contributed by atoms with Gasteiger partial charge in [-0.05, 0) is 68.1 Å². The van der Waals surface area contributed by atoms with Crippen molar-refractivity contribution in [1.29, 1.82) is 5.26 Å². The van der Waals surface area contributed by atoms with E-state index in [0.717, 1.165) is 46.3 Å². The summed E-state index contributed by atoms with van der Waals surface area (Å²) in [4.78, 5) is 13.0. The van der Waals surface area contributed by atoms with Crippen molar-refractivity contribution in [3.8, 4) is 6.07 Å². The maximum absolute atomic E-state index is 13.0. The van der Waals surface area contributed by atoms with Crippen LogP contribution in [0.2, 0.25) is 0 Å². The highest BCUT2D eigenvalue weighted by atomic mass is 32.1. The second kappa shape index (κ2) is 7.99. The third kappa shape index (κ3) is 4.00. The number of nitriles is 1. The number of fused-ring (bicyclic) bond motifs is 1. The lowest BCUT2D eigenvalue weighted by Gasteiger charge is -2.30. The smallest absolute Gasteiger partial charge is 0.251 e. The molecule has 1 aliphatic carbocycles. The summed E-state index contributed by atoms with van der Waals surface area (Å²) in [7, 11) is 0. The first-order valence-electron chi connectivity index (χ1n) is 9.38. The van der Waals surface area contributed by atoms with E-state index in [2.05, 4.69) is 22.8 Å². The van der Waals surface area contributed by atoms with Gasteiger partial charge in [-0.2, -0.15) is 5.26 Å². The van der Waals surface area contributed by atoms with Crippen molar-refractivity contribution in [3.05, 3.63) is 64.8 Å². The fraction of sp³-hybridized carbons (Fsp3) is 0.273. The molecule has 4 rings (SSSR count). The van der Waals surface area contributed by atoms with Crippen LogP contribution in [-0.2, 0) is 0 Å². The van der Waals surface area contributed by atoms with Crippen LogP contribution in [-0.4, -0.2) is 18.0 Å². The molecule has 0 atom stereocenters. The summed E-state index contributed by atoms with van der Waals surface area (Å²) < 4.78 is 14.1. The van der Waals surface area contributed by atoms with Gasteiger partial charge in [-0.3, -0.25) is 4.79 Å². The maximum atomic E-state index is 13.0. The van der Waals surface area contributed by atoms with Gasteiger partial charge in [0.2, 0.25) is 0 Å². The average molecular weight is 393 g/mol. The highest BCUT2D eigenvalue weighted by Crippen LogP contribution is 2.32. The lowest BCUT2D eigenvalue weighted by atomic mass is 9.90. The molecule has 4 nitrogen and oxygen atoms in total. The Balaban J connectivity index is 1.34. The van der Waals surface area contributed by atoms with E-state index in [4.69, 9.17) is 5.26 Å². The molecule has 0 spiro atoms. The minimum absolute atomic E-state index is 0.137. The Hall–Kier alpha value is -2.91. The van der Waals surface area contributed by atoms with Gasteiger partial charge in [-0.15, -0.1) is 11.3 Å². The molecule has 1 saturated carbocycles. The van der Waals surface area contributed by atoms with Gasteiger partial charge < -0.3 is 10.6 Å². The highest BCUT2D eigenvalue weighted by molar-refractivity contribution is 7.19. The van der Waals surface area contributed by atoms with Crippen LogP contribution in [0.15, 0.2) is 48.5 Å². The van der Waals surface area contributed by atoms with E-state index < -0.39 is 0 Å². The minimum atomic E-state index is -0.342. The van der Waals surface area contributed by atoms with Gasteiger partial charge >= 0.3 is 0 Å². The largest absolute Gasteiger partial charge is 0.382 e. The lowest BCUT2D eigenvalue weighted by molar-refractivity contribution is 0.0926. The molecule has 142 valence electrons. The second-order valence-corrected chi connectivity index (χ2v) is 8.20. The molecule has 1 amide bonds. The fourth-order valence-corrected chi connectivity index (χ4v) is 4.60. The third-order valence-electron chi connectivity index (χ3n) is 5.20. The van der Waals surface area contributed by atoms with Crippen molar-refractivity contribution in [2.24, 2.45) is 0 Å². The van der Waals surface area contributed by atoms with Crippen LogP contribution in [0.4, 0.5) is 10.1 Å². The van der Waals surface area contributed by atoms with Crippen LogP contribution in [0.25, 0.3) is 10.1 Å². The Morgan fingerprint density at radius 1 is 1.07 bits per heavy atom. The Kier molecular flexibility index (Phi) is 5.27. The van der Waals surface area contributed by atoms with Gasteiger partial charge in [0, 0.05) is 33.4 Å². The number of anilines is 1. The van der Waals surface area contributed by atoms with E-state index in [1.807, 2.05) is 18.2 Å². The van der Waals surface area contributed by atoms with Crippen LogP contribution in [0.5, 0.6) is 0 Å². The molecule has 28 heavy (non-hydrogen) atoms. The molecule has 3 aromatic rings. The summed E-state index contributed by atoms with van der Waals surface area (Å²) in [5.41, 5.74) is 1.55. The monoisotopic (exact) mass is 393 g/mol. The van der Waals surface area contributed by atoms with E-state index in [1.54, 1.807) is 0 Å². The van der Waals surface area contributed by atoms with Crippen molar-refractivity contribution in [1.82, 2.24) is 5.32 Å². The molecular weight excluding hydrogens is 373 g/mol. The summed E-state index contributed by atoms with van der Waals surface area (Å²) in [6.07, 6.45) is 3.71. The molecule has 6 heteroatoms. The van der Waals surface area contributed by atoms with E-state index in [0.29, 0.717) is 11.6 Å². The molecule has 0 radical (unpaired) electrons. The number of benzene rings is 2. The van der Waals surface area contributed by atoms with Gasteiger partial charge in [0.1, 0.15) is 16.8 Å². The number of rotatable bonds is 4. The zero-order chi connectivity index (χ0) is 19.5. The highest BCUT2D eigenvalue weighted by Gasteiger charge is 2.23. The van der Waals surface area contributed by atoms with Gasteiger partial charge in [0.25, 0.3) is 5.91 Å². The maximum Gasteiger partial charge on any atom is 0.251 e. The number of thiophene rings is 1. The number of nitrogens with one attached hydrogen (secondary N) is 2. The molecule has 2 N–H and O–H groups in total. The number of carbonyl (C=O) groups excluding carboxylic acids is 1. The zero-order valence-corrected chi connectivity index (χ0v) is 16.1. The summed E-state index contributed by atoms with van der Waals surface area (Å²) in [5, 5.41) is 16.9. The van der Waals surface area contributed by atoms with Crippen LogP contribution in [0, 0.1) is 17.1 Å². The number of nitrogens with zero attached hydrogens (tertiary/aromatic N) is 1. The number of hydrogen-bond donors (Lipinski definition) is 2. The standard InChI is InChI=1S/C22H20FN3OS/c23-15-6-4-14(5-7-15)22(27)26-17-10-8-16(9-11-17)25-20-2-1-3-21-19(20)12-18(13-24)28-21/h1-7,12,16-17,25H,8-11H2,(H,26,27). The lowest BCUT2D eigenvalue weighted by Crippen LogP contribution is -2.40. The second-order valence-electron chi connectivity index (χ2n) is 7.11. The minimum Gasteiger partial charge on any atom is -0.382 e. The molecule has 0 aliphatic heterocycles. The van der Waals surface area contributed by atoms with E-state index in [-0.39, 0.29) is 17.8 Å². The number of halogens is 1. The van der Waals surface area contributed by atoms with Crippen LogP contribution in [0.1, 0.15) is 40.9 Å². The molecule has 2 aromatic carbocycles. The fourth-order valence-electron chi connectivity index (χ4n) is 3.71. The predicted molar refractivity (Wildman–Crippen MR) is 110 cm³/mol. The molecule has 1 aromatic heterocycles. The van der Waals surface area contributed by atoms with E-state index >= 15 is 0 Å². The molecule has 1 fully saturated rings. The van der Waals surface area contributed by atoms with Crippen molar-refractivity contribution in [3.63, 3.8) is 0 Å². The third-order valence-corrected chi connectivity index (χ3v) is 6.21. The number of hydrogen-bond acceptors (Lipinski definition) is 4. The molecule has 0 unspecified atom stereocenters. The normalized spacial score (nSPS) is 19.1. The first-order chi connectivity index (χ1) is 13.6. The Morgan fingerprint density at radius 3 is 2.50 bits per heavy atom. The van der Waals surface area contributed by atoms with Gasteiger partial charge in [-0.25, -0.2) is 4.39 Å². The number of amides is 1. The topological polar surface area (TPSA) is 64.9 Å². The Labute approximate surface area is 167 Å². The first kappa shape index (κ1) is 18.5. The quantitative estimate of drug-likeness (QED) is 0.651. The van der Waals surface area contributed by atoms with Crippen LogP contribution < -0.4 is 10.6 Å². The molecule has 1 heterocycles. The summed E-state index contributed by atoms with van der Waals surface area (Å²) in [5.74, 6) is -0.492. The molecular formula is C22H20FN3OS. The SMILES string of the molecule is N#Cc1cc2c(NC3CCC(NC(=O)c4ccc(F)cc4)CC3)cccc2s1. The summed E-state index contributed by atoms with van der Waals surface area (Å²) in [6.45, 7) is 0. The van der Waals surface area contributed by atoms with E-state index in [1.165, 1.54) is 35.6 Å². The van der Waals surface area contributed by atoms with Crippen molar-refractivity contribution in [2.75, 3.05) is 5.32 Å². The van der Waals surface area contributed by atoms with Crippen molar-refractivity contribution in [2.45, 2.75) is 37.8 Å². The average Bonchev–Trinajstić information content (AvgIpc) is 3.14. The summed E-state index contributed by atoms with van der Waals surface area (Å²) in [6, 6.07) is 16.4. The molecule has 0 bridgehead atoms. The van der Waals surface area contributed by atoms with Crippen molar-refractivity contribution >= 4 is 33.0 Å². The van der Waals surface area contributed by atoms with Gasteiger partial charge in [0.15, 0.2) is 0 Å². The van der Waals surface area contributed by atoms with Crippen molar-refractivity contribution < 1.29 is 9.18 Å². The molecule has 0 saturated heterocycles. The van der Waals surface area contributed by atoms with Gasteiger partial charge in [-0.1, -0.05) is 6.07 Å².